The number of benzene rings is 1. The van der Waals surface area contributed by atoms with Crippen LogP contribution in [-0.2, 0) is 4.79 Å². The van der Waals surface area contributed by atoms with E-state index in [9.17, 15) is 4.79 Å². The lowest BCUT2D eigenvalue weighted by Crippen LogP contribution is -2.04. The van der Waals surface area contributed by atoms with Crippen molar-refractivity contribution in [1.29, 1.82) is 0 Å². The predicted octanol–water partition coefficient (Wildman–Crippen LogP) is 3.88. The summed E-state index contributed by atoms with van der Waals surface area (Å²) in [5.74, 6) is -0.177. The summed E-state index contributed by atoms with van der Waals surface area (Å²) in [4.78, 5) is 16.2. The van der Waals surface area contributed by atoms with Crippen LogP contribution < -0.4 is 4.74 Å². The first-order chi connectivity index (χ1) is 9.72. The summed E-state index contributed by atoms with van der Waals surface area (Å²) in [6.45, 7) is 0.178. The van der Waals surface area contributed by atoms with E-state index in [1.165, 1.54) is 0 Å². The number of hydrogen-bond donors (Lipinski definition) is 1. The molecule has 3 aromatic rings. The first kappa shape index (κ1) is 13.1. The number of thiophene rings is 1. The maximum Gasteiger partial charge on any atom is 0.306 e. The average molecular weight is 305 g/mol. The molecule has 2 heterocycles. The number of rotatable bonds is 5. The van der Waals surface area contributed by atoms with Crippen molar-refractivity contribution in [3.8, 4) is 15.6 Å². The van der Waals surface area contributed by atoms with Gasteiger partial charge in [0, 0.05) is 0 Å². The Bertz CT molecular complexity index is 734. The van der Waals surface area contributed by atoms with Crippen molar-refractivity contribution in [2.45, 2.75) is 6.42 Å². The molecule has 102 valence electrons. The van der Waals surface area contributed by atoms with Gasteiger partial charge in [-0.3, -0.25) is 4.79 Å². The highest BCUT2D eigenvalue weighted by Crippen LogP contribution is 2.34. The highest BCUT2D eigenvalue weighted by Gasteiger charge is 2.08. The van der Waals surface area contributed by atoms with E-state index in [0.717, 1.165) is 20.1 Å². The Hall–Kier alpha value is -1.92. The Morgan fingerprint density at radius 1 is 1.35 bits per heavy atom. The number of carboxylic acids is 1. The molecule has 4 nitrogen and oxygen atoms in total. The standard InChI is InChI=1S/C14H11NO3S2/c16-13(17)5-6-18-9-3-4-10-12(8-9)20-14(15-10)11-2-1-7-19-11/h1-4,7-8H,5-6H2,(H,16,17). The van der Waals surface area contributed by atoms with Gasteiger partial charge in [-0.15, -0.1) is 22.7 Å². The molecule has 0 bridgehead atoms. The summed E-state index contributed by atoms with van der Waals surface area (Å²) < 4.78 is 6.47. The van der Waals surface area contributed by atoms with E-state index < -0.39 is 5.97 Å². The molecule has 6 heteroatoms. The van der Waals surface area contributed by atoms with Crippen LogP contribution in [0.15, 0.2) is 35.7 Å². The SMILES string of the molecule is O=C(O)CCOc1ccc2nc(-c3cccs3)sc2c1. The quantitative estimate of drug-likeness (QED) is 0.777. The lowest BCUT2D eigenvalue weighted by molar-refractivity contribution is -0.137. The number of thiazole rings is 1. The smallest absolute Gasteiger partial charge is 0.306 e. The van der Waals surface area contributed by atoms with Gasteiger partial charge in [-0.05, 0) is 29.6 Å². The van der Waals surface area contributed by atoms with Crippen LogP contribution in [0.4, 0.5) is 0 Å². The Balaban J connectivity index is 1.82. The zero-order valence-electron chi connectivity index (χ0n) is 10.4. The largest absolute Gasteiger partial charge is 0.493 e. The van der Waals surface area contributed by atoms with Gasteiger partial charge in [0.05, 0.1) is 28.1 Å². The van der Waals surface area contributed by atoms with Crippen LogP contribution in [0.25, 0.3) is 20.1 Å². The maximum absolute atomic E-state index is 10.4. The van der Waals surface area contributed by atoms with Gasteiger partial charge in [-0.2, -0.15) is 0 Å². The lowest BCUT2D eigenvalue weighted by Gasteiger charge is -2.03. The molecule has 0 atom stereocenters. The topological polar surface area (TPSA) is 59.4 Å². The highest BCUT2D eigenvalue weighted by molar-refractivity contribution is 7.25. The van der Waals surface area contributed by atoms with Crippen LogP contribution in [-0.4, -0.2) is 22.7 Å². The molecule has 0 unspecified atom stereocenters. The van der Waals surface area contributed by atoms with Gasteiger partial charge in [0.1, 0.15) is 10.8 Å². The third kappa shape index (κ3) is 2.81. The summed E-state index contributed by atoms with van der Waals surface area (Å²) in [6, 6.07) is 9.69. The summed E-state index contributed by atoms with van der Waals surface area (Å²) in [6.07, 6.45) is 0.00116. The molecular weight excluding hydrogens is 294 g/mol. The third-order valence-corrected chi connectivity index (χ3v) is 4.73. The van der Waals surface area contributed by atoms with Crippen molar-refractivity contribution in [1.82, 2.24) is 4.98 Å². The Labute approximate surface area is 123 Å². The number of ether oxygens (including phenoxy) is 1. The van der Waals surface area contributed by atoms with Gasteiger partial charge in [0.25, 0.3) is 0 Å². The van der Waals surface area contributed by atoms with Crippen molar-refractivity contribution in [3.05, 3.63) is 35.7 Å². The van der Waals surface area contributed by atoms with E-state index >= 15 is 0 Å². The van der Waals surface area contributed by atoms with Crippen LogP contribution >= 0.6 is 22.7 Å². The summed E-state index contributed by atoms with van der Waals surface area (Å²) in [5, 5.41) is 11.6. The van der Waals surface area contributed by atoms with Crippen molar-refractivity contribution in [2.75, 3.05) is 6.61 Å². The fourth-order valence-corrected chi connectivity index (χ4v) is 3.55. The Morgan fingerprint density at radius 3 is 3.00 bits per heavy atom. The van der Waals surface area contributed by atoms with Crippen LogP contribution in [0.2, 0.25) is 0 Å². The lowest BCUT2D eigenvalue weighted by atomic mass is 10.3. The fraction of sp³-hybridized carbons (Fsp3) is 0.143. The first-order valence-electron chi connectivity index (χ1n) is 6.01. The zero-order valence-corrected chi connectivity index (χ0v) is 12.0. The van der Waals surface area contributed by atoms with E-state index in [1.54, 1.807) is 22.7 Å². The van der Waals surface area contributed by atoms with Gasteiger partial charge in [0.15, 0.2) is 0 Å². The van der Waals surface area contributed by atoms with Gasteiger partial charge in [0.2, 0.25) is 0 Å². The van der Waals surface area contributed by atoms with Gasteiger partial charge in [-0.1, -0.05) is 6.07 Å². The summed E-state index contributed by atoms with van der Waals surface area (Å²) >= 11 is 3.28. The number of fused-ring (bicyclic) bond motifs is 1. The molecule has 0 aliphatic carbocycles. The Morgan fingerprint density at radius 2 is 2.25 bits per heavy atom. The monoisotopic (exact) mass is 305 g/mol. The number of nitrogens with zero attached hydrogens (tertiary/aromatic N) is 1. The van der Waals surface area contributed by atoms with Crippen LogP contribution in [0.5, 0.6) is 5.75 Å². The number of hydrogen-bond acceptors (Lipinski definition) is 5. The molecule has 0 saturated heterocycles. The van der Waals surface area contributed by atoms with Gasteiger partial charge >= 0.3 is 5.97 Å². The molecule has 0 aliphatic heterocycles. The van der Waals surface area contributed by atoms with Crippen molar-refractivity contribution < 1.29 is 14.6 Å². The predicted molar refractivity (Wildman–Crippen MR) is 80.7 cm³/mol. The molecular formula is C14H11NO3S2. The second kappa shape index (κ2) is 5.60. The third-order valence-electron chi connectivity index (χ3n) is 2.68. The van der Waals surface area contributed by atoms with Crippen LogP contribution in [0.1, 0.15) is 6.42 Å². The van der Waals surface area contributed by atoms with Crippen LogP contribution in [0, 0.1) is 0 Å². The molecule has 3 rings (SSSR count). The van der Waals surface area contributed by atoms with E-state index in [4.69, 9.17) is 9.84 Å². The number of aliphatic carboxylic acids is 1. The molecule has 0 aliphatic rings. The first-order valence-corrected chi connectivity index (χ1v) is 7.71. The van der Waals surface area contributed by atoms with Crippen LogP contribution in [0.3, 0.4) is 0 Å². The minimum Gasteiger partial charge on any atom is -0.493 e. The number of carbonyl (C=O) groups is 1. The van der Waals surface area contributed by atoms with E-state index in [-0.39, 0.29) is 13.0 Å². The highest BCUT2D eigenvalue weighted by atomic mass is 32.1. The van der Waals surface area contributed by atoms with Crippen molar-refractivity contribution >= 4 is 38.9 Å². The maximum atomic E-state index is 10.4. The molecule has 0 fully saturated rings. The second-order valence-corrected chi connectivity index (χ2v) is 6.10. The average Bonchev–Trinajstić information content (AvgIpc) is 3.06. The fourth-order valence-electron chi connectivity index (χ4n) is 1.76. The number of aromatic nitrogens is 1. The molecule has 0 saturated carbocycles. The van der Waals surface area contributed by atoms with Crippen molar-refractivity contribution in [3.63, 3.8) is 0 Å². The summed E-state index contributed by atoms with van der Waals surface area (Å²) in [7, 11) is 0. The molecule has 1 aromatic carbocycles. The summed E-state index contributed by atoms with van der Waals surface area (Å²) in [5.41, 5.74) is 0.934. The minimum absolute atomic E-state index is 0.00116. The number of carboxylic acid groups (broad SMARTS) is 1. The van der Waals surface area contributed by atoms with E-state index in [1.807, 2.05) is 35.7 Å². The molecule has 1 N–H and O–H groups in total. The second-order valence-electron chi connectivity index (χ2n) is 4.12. The molecule has 0 radical (unpaired) electrons. The molecule has 20 heavy (non-hydrogen) atoms. The minimum atomic E-state index is -0.858. The molecule has 2 aromatic heterocycles. The van der Waals surface area contributed by atoms with E-state index in [0.29, 0.717) is 5.75 Å². The van der Waals surface area contributed by atoms with Gasteiger partial charge in [-0.25, -0.2) is 4.98 Å². The zero-order chi connectivity index (χ0) is 13.9. The molecule has 0 spiro atoms. The van der Waals surface area contributed by atoms with Gasteiger partial charge < -0.3 is 9.84 Å². The Kier molecular flexibility index (Phi) is 3.66. The van der Waals surface area contributed by atoms with Crippen molar-refractivity contribution in [2.24, 2.45) is 0 Å². The normalized spacial score (nSPS) is 10.8. The van der Waals surface area contributed by atoms with E-state index in [2.05, 4.69) is 4.98 Å². The molecule has 0 amide bonds.